The number of hydrogen-bond donors (Lipinski definition) is 0. The predicted octanol–water partition coefficient (Wildman–Crippen LogP) is 2.77. The standard InChI is InChI=1S/C22H27N3O3/c1-23(2)18-7-5-16(6-8-18)14-24(3)22(27)17-13-21(26)25(15-17)19-9-11-20(28-4)12-10-19/h5-12,17H,13-15H2,1-4H3. The molecule has 0 aliphatic carbocycles. The molecule has 148 valence electrons. The van der Waals surface area contributed by atoms with Gasteiger partial charge < -0.3 is 19.4 Å². The van der Waals surface area contributed by atoms with Gasteiger partial charge in [0.25, 0.3) is 0 Å². The zero-order valence-electron chi connectivity index (χ0n) is 16.9. The van der Waals surface area contributed by atoms with Crippen LogP contribution in [0.2, 0.25) is 0 Å². The molecule has 3 rings (SSSR count). The Morgan fingerprint density at radius 2 is 1.71 bits per heavy atom. The molecule has 1 saturated heterocycles. The lowest BCUT2D eigenvalue weighted by Crippen LogP contribution is -2.34. The first-order chi connectivity index (χ1) is 13.4. The first-order valence-corrected chi connectivity index (χ1v) is 9.34. The van der Waals surface area contributed by atoms with Crippen molar-refractivity contribution in [3.63, 3.8) is 0 Å². The molecule has 2 aromatic carbocycles. The van der Waals surface area contributed by atoms with E-state index < -0.39 is 0 Å². The van der Waals surface area contributed by atoms with Crippen molar-refractivity contribution < 1.29 is 14.3 Å². The maximum absolute atomic E-state index is 12.9. The second kappa shape index (κ2) is 8.33. The molecule has 0 saturated carbocycles. The molecular formula is C22H27N3O3. The van der Waals surface area contributed by atoms with Crippen LogP contribution in [-0.2, 0) is 16.1 Å². The second-order valence-electron chi connectivity index (χ2n) is 7.36. The number of nitrogens with zero attached hydrogens (tertiary/aromatic N) is 3. The number of anilines is 2. The third-order valence-corrected chi connectivity index (χ3v) is 5.11. The Morgan fingerprint density at radius 3 is 2.29 bits per heavy atom. The summed E-state index contributed by atoms with van der Waals surface area (Å²) in [5.74, 6) is 0.400. The van der Waals surface area contributed by atoms with Gasteiger partial charge in [-0.3, -0.25) is 9.59 Å². The highest BCUT2D eigenvalue weighted by Gasteiger charge is 2.36. The van der Waals surface area contributed by atoms with E-state index in [1.807, 2.05) is 67.5 Å². The first kappa shape index (κ1) is 19.7. The molecule has 2 aromatic rings. The smallest absolute Gasteiger partial charge is 0.228 e. The Morgan fingerprint density at radius 1 is 1.07 bits per heavy atom. The van der Waals surface area contributed by atoms with Crippen LogP contribution in [-0.4, -0.2) is 51.5 Å². The number of methoxy groups -OCH3 is 1. The van der Waals surface area contributed by atoms with Gasteiger partial charge in [-0.2, -0.15) is 0 Å². The van der Waals surface area contributed by atoms with Crippen molar-refractivity contribution >= 4 is 23.2 Å². The SMILES string of the molecule is COc1ccc(N2CC(C(=O)N(C)Cc3ccc(N(C)C)cc3)CC2=O)cc1. The van der Waals surface area contributed by atoms with Gasteiger partial charge in [0, 0.05) is 52.0 Å². The van der Waals surface area contributed by atoms with Gasteiger partial charge in [-0.05, 0) is 42.0 Å². The van der Waals surface area contributed by atoms with Gasteiger partial charge in [0.2, 0.25) is 11.8 Å². The molecule has 28 heavy (non-hydrogen) atoms. The Bertz CT molecular complexity index is 831. The largest absolute Gasteiger partial charge is 0.497 e. The summed E-state index contributed by atoms with van der Waals surface area (Å²) in [6.45, 7) is 0.938. The van der Waals surface area contributed by atoms with Crippen LogP contribution in [0.3, 0.4) is 0 Å². The summed E-state index contributed by atoms with van der Waals surface area (Å²) in [4.78, 5) is 30.7. The molecular weight excluding hydrogens is 354 g/mol. The molecule has 1 aliphatic rings. The maximum Gasteiger partial charge on any atom is 0.228 e. The lowest BCUT2D eigenvalue weighted by Gasteiger charge is -2.22. The minimum atomic E-state index is -0.319. The van der Waals surface area contributed by atoms with E-state index in [0.717, 1.165) is 22.7 Å². The van der Waals surface area contributed by atoms with Crippen LogP contribution in [0.4, 0.5) is 11.4 Å². The molecule has 0 radical (unpaired) electrons. The number of ether oxygens (including phenoxy) is 1. The monoisotopic (exact) mass is 381 g/mol. The molecule has 1 unspecified atom stereocenters. The highest BCUT2D eigenvalue weighted by atomic mass is 16.5. The Hall–Kier alpha value is -3.02. The molecule has 1 atom stereocenters. The summed E-state index contributed by atoms with van der Waals surface area (Å²) in [7, 11) is 7.39. The Balaban J connectivity index is 1.62. The van der Waals surface area contributed by atoms with Crippen LogP contribution in [0.1, 0.15) is 12.0 Å². The molecule has 1 fully saturated rings. The van der Waals surface area contributed by atoms with Crippen LogP contribution >= 0.6 is 0 Å². The fraction of sp³-hybridized carbons (Fsp3) is 0.364. The van der Waals surface area contributed by atoms with Crippen molar-refractivity contribution in [1.82, 2.24) is 4.90 Å². The Kier molecular flexibility index (Phi) is 5.87. The lowest BCUT2D eigenvalue weighted by molar-refractivity contribution is -0.135. The van der Waals surface area contributed by atoms with Crippen LogP contribution in [0.5, 0.6) is 5.75 Å². The summed E-state index contributed by atoms with van der Waals surface area (Å²) in [5, 5.41) is 0. The Labute approximate surface area is 166 Å². The summed E-state index contributed by atoms with van der Waals surface area (Å²) >= 11 is 0. The van der Waals surface area contributed by atoms with Gasteiger partial charge in [-0.25, -0.2) is 0 Å². The van der Waals surface area contributed by atoms with Gasteiger partial charge in [-0.15, -0.1) is 0 Å². The minimum absolute atomic E-state index is 0.000970. The molecule has 1 aliphatic heterocycles. The highest BCUT2D eigenvalue weighted by Crippen LogP contribution is 2.28. The van der Waals surface area contributed by atoms with Gasteiger partial charge in [0.15, 0.2) is 0 Å². The van der Waals surface area contributed by atoms with Crippen LogP contribution in [0, 0.1) is 5.92 Å². The quantitative estimate of drug-likeness (QED) is 0.772. The van der Waals surface area contributed by atoms with Gasteiger partial charge in [-0.1, -0.05) is 12.1 Å². The predicted molar refractivity (Wildman–Crippen MR) is 111 cm³/mol. The average molecular weight is 381 g/mol. The highest BCUT2D eigenvalue weighted by molar-refractivity contribution is 6.00. The number of amides is 2. The molecule has 6 heteroatoms. The molecule has 0 bridgehead atoms. The van der Waals surface area contributed by atoms with Crippen molar-refractivity contribution in [2.75, 3.05) is 44.6 Å². The fourth-order valence-electron chi connectivity index (χ4n) is 3.45. The number of carbonyl (C=O) groups excluding carboxylic acids is 2. The molecule has 2 amide bonds. The first-order valence-electron chi connectivity index (χ1n) is 9.34. The number of carbonyl (C=O) groups is 2. The summed E-state index contributed by atoms with van der Waals surface area (Å²) in [5.41, 5.74) is 2.98. The molecule has 1 heterocycles. The maximum atomic E-state index is 12.9. The van der Waals surface area contributed by atoms with Crippen molar-refractivity contribution in [3.8, 4) is 5.75 Å². The normalized spacial score (nSPS) is 16.2. The summed E-state index contributed by atoms with van der Waals surface area (Å²) < 4.78 is 5.16. The van der Waals surface area contributed by atoms with E-state index in [0.29, 0.717) is 13.1 Å². The minimum Gasteiger partial charge on any atom is -0.497 e. The van der Waals surface area contributed by atoms with E-state index in [2.05, 4.69) is 0 Å². The third-order valence-electron chi connectivity index (χ3n) is 5.11. The number of benzene rings is 2. The molecule has 0 N–H and O–H groups in total. The van der Waals surface area contributed by atoms with Crippen molar-refractivity contribution in [3.05, 3.63) is 54.1 Å². The topological polar surface area (TPSA) is 53.1 Å². The molecule has 0 aromatic heterocycles. The van der Waals surface area contributed by atoms with E-state index >= 15 is 0 Å². The third kappa shape index (κ3) is 4.27. The second-order valence-corrected chi connectivity index (χ2v) is 7.36. The van der Waals surface area contributed by atoms with E-state index in [1.54, 1.807) is 24.0 Å². The number of hydrogen-bond acceptors (Lipinski definition) is 4. The fourth-order valence-corrected chi connectivity index (χ4v) is 3.45. The van der Waals surface area contributed by atoms with Crippen LogP contribution in [0.25, 0.3) is 0 Å². The zero-order chi connectivity index (χ0) is 20.3. The van der Waals surface area contributed by atoms with E-state index in [-0.39, 0.29) is 24.2 Å². The molecule has 6 nitrogen and oxygen atoms in total. The van der Waals surface area contributed by atoms with Crippen LogP contribution < -0.4 is 14.5 Å². The van der Waals surface area contributed by atoms with E-state index in [1.165, 1.54) is 0 Å². The van der Waals surface area contributed by atoms with Gasteiger partial charge in [0.05, 0.1) is 13.0 Å². The van der Waals surface area contributed by atoms with Crippen molar-refractivity contribution in [2.45, 2.75) is 13.0 Å². The van der Waals surface area contributed by atoms with Crippen molar-refractivity contribution in [2.24, 2.45) is 5.92 Å². The van der Waals surface area contributed by atoms with E-state index in [9.17, 15) is 9.59 Å². The van der Waals surface area contributed by atoms with Gasteiger partial charge in [0.1, 0.15) is 5.75 Å². The number of rotatable bonds is 6. The average Bonchev–Trinajstić information content (AvgIpc) is 3.09. The summed E-state index contributed by atoms with van der Waals surface area (Å²) in [6.07, 6.45) is 0.245. The van der Waals surface area contributed by atoms with Gasteiger partial charge >= 0.3 is 0 Å². The van der Waals surface area contributed by atoms with Crippen LogP contribution in [0.15, 0.2) is 48.5 Å². The molecule has 0 spiro atoms. The summed E-state index contributed by atoms with van der Waals surface area (Å²) in [6, 6.07) is 15.5. The zero-order valence-corrected chi connectivity index (χ0v) is 16.9. The van der Waals surface area contributed by atoms with Crippen molar-refractivity contribution in [1.29, 1.82) is 0 Å². The van der Waals surface area contributed by atoms with E-state index in [4.69, 9.17) is 4.74 Å². The lowest BCUT2D eigenvalue weighted by atomic mass is 10.1.